The molecule has 0 bridgehead atoms. The largest absolute Gasteiger partial charge is 0.497 e. The first-order chi connectivity index (χ1) is 9.65. The lowest BCUT2D eigenvalue weighted by Crippen LogP contribution is -2.20. The summed E-state index contributed by atoms with van der Waals surface area (Å²) in [7, 11) is 3.28. The zero-order chi connectivity index (χ0) is 14.5. The van der Waals surface area contributed by atoms with E-state index in [1.165, 1.54) is 0 Å². The van der Waals surface area contributed by atoms with E-state index in [1.54, 1.807) is 14.2 Å². The van der Waals surface area contributed by atoms with Crippen molar-refractivity contribution < 1.29 is 9.47 Å². The van der Waals surface area contributed by atoms with Crippen LogP contribution in [0.25, 0.3) is 0 Å². The van der Waals surface area contributed by atoms with Gasteiger partial charge in [0.05, 0.1) is 25.1 Å². The van der Waals surface area contributed by atoms with Gasteiger partial charge in [-0.15, -0.1) is 0 Å². The van der Waals surface area contributed by atoms with Gasteiger partial charge in [0.25, 0.3) is 0 Å². The number of benzene rings is 2. The van der Waals surface area contributed by atoms with Gasteiger partial charge in [-0.2, -0.15) is 0 Å². The fraction of sp³-hybridized carbons (Fsp3) is 0.188. The van der Waals surface area contributed by atoms with E-state index < -0.39 is 0 Å². The molecule has 0 aliphatic carbocycles. The van der Waals surface area contributed by atoms with Crippen molar-refractivity contribution in [1.29, 1.82) is 0 Å². The topological polar surface area (TPSA) is 44.5 Å². The molecule has 3 nitrogen and oxygen atoms in total. The van der Waals surface area contributed by atoms with Gasteiger partial charge >= 0.3 is 0 Å². The van der Waals surface area contributed by atoms with Gasteiger partial charge in [-0.05, 0) is 35.4 Å². The van der Waals surface area contributed by atoms with Crippen molar-refractivity contribution in [3.05, 3.63) is 59.7 Å². The van der Waals surface area contributed by atoms with Gasteiger partial charge in [0, 0.05) is 0 Å². The molecule has 0 aliphatic rings. The molecule has 2 N–H and O–H groups in total. The van der Waals surface area contributed by atoms with E-state index in [9.17, 15) is 0 Å². The predicted molar refractivity (Wildman–Crippen MR) is 84.6 cm³/mol. The van der Waals surface area contributed by atoms with Gasteiger partial charge in [-0.1, -0.05) is 36.5 Å². The lowest BCUT2D eigenvalue weighted by molar-refractivity contribution is 0.414. The molecule has 0 atom stereocenters. The first-order valence-electron chi connectivity index (χ1n) is 6.23. The SMILES string of the molecule is COc1ccc(C(C(N)=S)c2ccc(OC)cc2)cc1. The van der Waals surface area contributed by atoms with Crippen molar-refractivity contribution in [2.24, 2.45) is 5.73 Å². The number of rotatable bonds is 5. The van der Waals surface area contributed by atoms with E-state index in [4.69, 9.17) is 27.4 Å². The molecule has 4 heteroatoms. The molecule has 104 valence electrons. The molecule has 2 aromatic carbocycles. The van der Waals surface area contributed by atoms with Crippen molar-refractivity contribution in [3.63, 3.8) is 0 Å². The maximum Gasteiger partial charge on any atom is 0.118 e. The Bertz CT molecular complexity index is 531. The molecule has 0 radical (unpaired) electrons. The fourth-order valence-corrected chi connectivity index (χ4v) is 2.39. The first-order valence-corrected chi connectivity index (χ1v) is 6.63. The summed E-state index contributed by atoms with van der Waals surface area (Å²) >= 11 is 5.22. The molecule has 20 heavy (non-hydrogen) atoms. The second kappa shape index (κ2) is 6.39. The molecule has 2 rings (SSSR count). The Morgan fingerprint density at radius 1 is 0.850 bits per heavy atom. The van der Waals surface area contributed by atoms with Gasteiger partial charge < -0.3 is 15.2 Å². The molecule has 0 unspecified atom stereocenters. The van der Waals surface area contributed by atoms with Crippen LogP contribution in [0.5, 0.6) is 11.5 Å². The highest BCUT2D eigenvalue weighted by atomic mass is 32.1. The Morgan fingerprint density at radius 3 is 1.45 bits per heavy atom. The predicted octanol–water partition coefficient (Wildman–Crippen LogP) is 3.12. The van der Waals surface area contributed by atoms with Gasteiger partial charge in [0.2, 0.25) is 0 Å². The van der Waals surface area contributed by atoms with Crippen LogP contribution in [0.2, 0.25) is 0 Å². The van der Waals surface area contributed by atoms with Gasteiger partial charge in [0.15, 0.2) is 0 Å². The second-order valence-corrected chi connectivity index (χ2v) is 4.85. The molecular weight excluding hydrogens is 270 g/mol. The molecule has 0 heterocycles. The monoisotopic (exact) mass is 287 g/mol. The average Bonchev–Trinajstić information content (AvgIpc) is 2.48. The summed E-state index contributed by atoms with van der Waals surface area (Å²) in [6.45, 7) is 0. The number of hydrogen-bond donors (Lipinski definition) is 1. The fourth-order valence-electron chi connectivity index (χ4n) is 2.11. The van der Waals surface area contributed by atoms with Crippen LogP contribution < -0.4 is 15.2 Å². The third kappa shape index (κ3) is 3.08. The Labute approximate surface area is 124 Å². The normalized spacial score (nSPS) is 10.3. The quantitative estimate of drug-likeness (QED) is 0.858. The number of hydrogen-bond acceptors (Lipinski definition) is 3. The highest BCUT2D eigenvalue weighted by Crippen LogP contribution is 2.28. The van der Waals surface area contributed by atoms with Crippen molar-refractivity contribution in [2.75, 3.05) is 14.2 Å². The summed E-state index contributed by atoms with van der Waals surface area (Å²) in [6.07, 6.45) is 0. The summed E-state index contributed by atoms with van der Waals surface area (Å²) in [5.74, 6) is 1.51. The van der Waals surface area contributed by atoms with E-state index in [2.05, 4.69) is 0 Å². The summed E-state index contributed by atoms with van der Waals surface area (Å²) in [6, 6.07) is 15.5. The number of methoxy groups -OCH3 is 2. The summed E-state index contributed by atoms with van der Waals surface area (Å²) in [5, 5.41) is 0. The van der Waals surface area contributed by atoms with Crippen molar-refractivity contribution in [3.8, 4) is 11.5 Å². The number of thiocarbonyl (C=S) groups is 1. The average molecular weight is 287 g/mol. The van der Waals surface area contributed by atoms with Crippen LogP contribution >= 0.6 is 12.2 Å². The maximum atomic E-state index is 5.91. The van der Waals surface area contributed by atoms with Crippen LogP contribution in [0.15, 0.2) is 48.5 Å². The Morgan fingerprint density at radius 2 is 1.20 bits per heavy atom. The first kappa shape index (κ1) is 14.3. The van der Waals surface area contributed by atoms with Crippen LogP contribution in [0.1, 0.15) is 17.0 Å². The standard InChI is InChI=1S/C16H17NO2S/c1-18-13-7-3-11(4-8-13)15(16(17)20)12-5-9-14(19-2)10-6-12/h3-10,15H,1-2H3,(H2,17,20). The van der Waals surface area contributed by atoms with Gasteiger partial charge in [-0.25, -0.2) is 0 Å². The second-order valence-electron chi connectivity index (χ2n) is 4.38. The summed E-state index contributed by atoms with van der Waals surface area (Å²) in [4.78, 5) is 0.445. The molecule has 0 saturated heterocycles. The lowest BCUT2D eigenvalue weighted by atomic mass is 9.91. The third-order valence-corrected chi connectivity index (χ3v) is 3.42. The van der Waals surface area contributed by atoms with Crippen LogP contribution in [-0.4, -0.2) is 19.2 Å². The van der Waals surface area contributed by atoms with Gasteiger partial charge in [0.1, 0.15) is 11.5 Å². The molecular formula is C16H17NO2S. The minimum absolute atomic E-state index is 0.109. The third-order valence-electron chi connectivity index (χ3n) is 3.18. The minimum Gasteiger partial charge on any atom is -0.497 e. The van der Waals surface area contributed by atoms with Crippen LogP contribution in [0.4, 0.5) is 0 Å². The highest BCUT2D eigenvalue weighted by Gasteiger charge is 2.17. The van der Waals surface area contributed by atoms with E-state index in [0.717, 1.165) is 22.6 Å². The van der Waals surface area contributed by atoms with Crippen molar-refractivity contribution >= 4 is 17.2 Å². The van der Waals surface area contributed by atoms with Crippen LogP contribution in [0, 0.1) is 0 Å². The van der Waals surface area contributed by atoms with Crippen molar-refractivity contribution in [2.45, 2.75) is 5.92 Å². The molecule has 0 aromatic heterocycles. The van der Waals surface area contributed by atoms with Gasteiger partial charge in [-0.3, -0.25) is 0 Å². The number of nitrogens with two attached hydrogens (primary N) is 1. The maximum absolute atomic E-state index is 5.91. The Balaban J connectivity index is 2.36. The highest BCUT2D eigenvalue weighted by molar-refractivity contribution is 7.80. The molecule has 0 saturated carbocycles. The lowest BCUT2D eigenvalue weighted by Gasteiger charge is -2.17. The zero-order valence-corrected chi connectivity index (χ0v) is 12.3. The summed E-state index contributed by atoms with van der Waals surface area (Å²) in [5.41, 5.74) is 8.00. The van der Waals surface area contributed by atoms with Crippen LogP contribution in [-0.2, 0) is 0 Å². The van der Waals surface area contributed by atoms with Crippen molar-refractivity contribution in [1.82, 2.24) is 0 Å². The molecule has 0 amide bonds. The van der Waals surface area contributed by atoms with E-state index in [1.807, 2.05) is 48.5 Å². The Kier molecular flexibility index (Phi) is 4.58. The van der Waals surface area contributed by atoms with E-state index in [0.29, 0.717) is 4.99 Å². The van der Waals surface area contributed by atoms with Crippen LogP contribution in [0.3, 0.4) is 0 Å². The minimum atomic E-state index is -0.109. The zero-order valence-electron chi connectivity index (χ0n) is 11.5. The molecule has 0 fully saturated rings. The molecule has 0 aliphatic heterocycles. The van der Waals surface area contributed by atoms with E-state index >= 15 is 0 Å². The smallest absolute Gasteiger partial charge is 0.118 e. The van der Waals surface area contributed by atoms with E-state index in [-0.39, 0.29) is 5.92 Å². The molecule has 0 spiro atoms. The summed E-state index contributed by atoms with van der Waals surface area (Å²) < 4.78 is 10.3. The Hall–Kier alpha value is -2.07. The molecule has 2 aromatic rings. The number of ether oxygens (including phenoxy) is 2.